The van der Waals surface area contributed by atoms with Gasteiger partial charge < -0.3 is 24.6 Å². The van der Waals surface area contributed by atoms with Crippen LogP contribution < -0.4 is 15.4 Å². The number of amides is 2. The molecule has 9 heteroatoms. The quantitative estimate of drug-likeness (QED) is 0.426. The number of aromatic nitrogens is 2. The number of ether oxygens (including phenoxy) is 2. The van der Waals surface area contributed by atoms with Crippen molar-refractivity contribution in [2.75, 3.05) is 25.6 Å². The molecule has 3 rings (SSSR count). The molecule has 174 valence electrons. The maximum absolute atomic E-state index is 12.3. The number of rotatable bonds is 10. The van der Waals surface area contributed by atoms with Crippen LogP contribution in [0.15, 0.2) is 28.8 Å². The molecule has 0 atom stereocenters. The van der Waals surface area contributed by atoms with Gasteiger partial charge in [-0.1, -0.05) is 30.8 Å². The van der Waals surface area contributed by atoms with E-state index in [9.17, 15) is 9.59 Å². The highest BCUT2D eigenvalue weighted by atomic mass is 16.5. The Kier molecular flexibility index (Phi) is 8.61. The van der Waals surface area contributed by atoms with Crippen LogP contribution in [0.25, 0.3) is 0 Å². The molecule has 1 fully saturated rings. The molecular weight excluding hydrogens is 412 g/mol. The summed E-state index contributed by atoms with van der Waals surface area (Å²) < 4.78 is 15.9. The number of nitrogens with one attached hydrogen (secondary N) is 2. The van der Waals surface area contributed by atoms with Gasteiger partial charge in [0.1, 0.15) is 17.9 Å². The monoisotopic (exact) mass is 444 g/mol. The van der Waals surface area contributed by atoms with Crippen LogP contribution in [0.2, 0.25) is 0 Å². The summed E-state index contributed by atoms with van der Waals surface area (Å²) in [5.41, 5.74) is 0.0998. The molecule has 0 unspecified atom stereocenters. The molecule has 9 nitrogen and oxygen atoms in total. The number of anilines is 1. The van der Waals surface area contributed by atoms with E-state index in [0.717, 1.165) is 38.5 Å². The molecular formula is C23H32N4O5. The maximum Gasteiger partial charge on any atom is 0.227 e. The summed E-state index contributed by atoms with van der Waals surface area (Å²) in [4.78, 5) is 28.7. The number of hydrogen-bond donors (Lipinski definition) is 2. The lowest BCUT2D eigenvalue weighted by Gasteiger charge is -2.30. The highest BCUT2D eigenvalue weighted by Gasteiger charge is 2.38. The van der Waals surface area contributed by atoms with Crippen molar-refractivity contribution in [3.05, 3.63) is 36.0 Å². The van der Waals surface area contributed by atoms with E-state index < -0.39 is 5.54 Å². The lowest BCUT2D eigenvalue weighted by Crippen LogP contribution is -2.45. The van der Waals surface area contributed by atoms with Crippen molar-refractivity contribution >= 4 is 17.5 Å². The van der Waals surface area contributed by atoms with Crippen LogP contribution in [-0.4, -0.2) is 42.3 Å². The second-order valence-electron chi connectivity index (χ2n) is 8.10. The average molecular weight is 445 g/mol. The summed E-state index contributed by atoms with van der Waals surface area (Å²) in [5.74, 6) is 1.36. The molecule has 0 radical (unpaired) electrons. The van der Waals surface area contributed by atoms with Gasteiger partial charge in [0.2, 0.25) is 17.7 Å². The van der Waals surface area contributed by atoms with E-state index in [-0.39, 0.29) is 18.2 Å². The Morgan fingerprint density at radius 1 is 1.09 bits per heavy atom. The highest BCUT2D eigenvalue weighted by molar-refractivity contribution is 5.90. The van der Waals surface area contributed by atoms with Gasteiger partial charge in [0.25, 0.3) is 0 Å². The van der Waals surface area contributed by atoms with Crippen molar-refractivity contribution in [3.63, 3.8) is 0 Å². The van der Waals surface area contributed by atoms with E-state index in [1.54, 1.807) is 31.4 Å². The van der Waals surface area contributed by atoms with Crippen molar-refractivity contribution in [1.82, 2.24) is 15.5 Å². The first-order chi connectivity index (χ1) is 15.5. The maximum atomic E-state index is 12.3. The SMILES string of the molecule is COCCOc1ccc(NC(=O)CCc2nc(C3(NC(C)=O)CCCCCC3)no2)cc1. The molecule has 1 aromatic heterocycles. The Labute approximate surface area is 188 Å². The number of aryl methyl sites for hydroxylation is 1. The summed E-state index contributed by atoms with van der Waals surface area (Å²) in [6, 6.07) is 7.16. The third-order valence-corrected chi connectivity index (χ3v) is 5.53. The van der Waals surface area contributed by atoms with Crippen LogP contribution in [0, 0.1) is 0 Å². The minimum Gasteiger partial charge on any atom is -0.491 e. The Morgan fingerprint density at radius 2 is 1.81 bits per heavy atom. The molecule has 0 saturated heterocycles. The number of benzene rings is 1. The summed E-state index contributed by atoms with van der Waals surface area (Å²) in [7, 11) is 1.62. The fourth-order valence-corrected chi connectivity index (χ4v) is 3.95. The van der Waals surface area contributed by atoms with Crippen LogP contribution in [0.5, 0.6) is 5.75 Å². The minimum absolute atomic E-state index is 0.104. The third-order valence-electron chi connectivity index (χ3n) is 5.53. The fourth-order valence-electron chi connectivity index (χ4n) is 3.95. The van der Waals surface area contributed by atoms with Crippen molar-refractivity contribution in [2.45, 2.75) is 63.8 Å². The standard InChI is InChI=1S/C23H32N4O5/c1-17(28)26-23(13-5-3-4-6-14-23)22-25-21(32-27-22)12-11-20(29)24-18-7-9-19(10-8-18)31-16-15-30-2/h7-10H,3-6,11-16H2,1-2H3,(H,24,29)(H,26,28). The zero-order chi connectivity index (χ0) is 22.8. The van der Waals surface area contributed by atoms with Gasteiger partial charge in [0, 0.05) is 32.6 Å². The molecule has 1 aromatic carbocycles. The van der Waals surface area contributed by atoms with Gasteiger partial charge in [-0.15, -0.1) is 0 Å². The number of carbonyl (C=O) groups excluding carboxylic acids is 2. The van der Waals surface area contributed by atoms with Gasteiger partial charge in [-0.05, 0) is 37.1 Å². The largest absolute Gasteiger partial charge is 0.491 e. The van der Waals surface area contributed by atoms with Gasteiger partial charge in [-0.25, -0.2) is 0 Å². The number of nitrogens with zero attached hydrogens (tertiary/aromatic N) is 2. The number of methoxy groups -OCH3 is 1. The topological polar surface area (TPSA) is 116 Å². The Morgan fingerprint density at radius 3 is 2.47 bits per heavy atom. The lowest BCUT2D eigenvalue weighted by atomic mass is 9.89. The summed E-state index contributed by atoms with van der Waals surface area (Å²) in [5, 5.41) is 10.1. The number of hydrogen-bond acceptors (Lipinski definition) is 7. The summed E-state index contributed by atoms with van der Waals surface area (Å²) >= 11 is 0. The first-order valence-electron chi connectivity index (χ1n) is 11.1. The van der Waals surface area contributed by atoms with Crippen LogP contribution in [0.4, 0.5) is 5.69 Å². The van der Waals surface area contributed by atoms with E-state index in [2.05, 4.69) is 20.8 Å². The molecule has 0 spiro atoms. The molecule has 2 amide bonds. The van der Waals surface area contributed by atoms with Crippen LogP contribution in [-0.2, 0) is 26.3 Å². The zero-order valence-corrected chi connectivity index (χ0v) is 18.8. The van der Waals surface area contributed by atoms with E-state index in [1.165, 1.54) is 6.92 Å². The lowest BCUT2D eigenvalue weighted by molar-refractivity contribution is -0.121. The second kappa shape index (κ2) is 11.6. The molecule has 32 heavy (non-hydrogen) atoms. The molecule has 1 aliphatic carbocycles. The van der Waals surface area contributed by atoms with Crippen molar-refractivity contribution in [2.24, 2.45) is 0 Å². The van der Waals surface area contributed by atoms with Gasteiger partial charge in [-0.2, -0.15) is 4.98 Å². The first-order valence-corrected chi connectivity index (χ1v) is 11.1. The minimum atomic E-state index is -0.584. The van der Waals surface area contributed by atoms with Gasteiger partial charge >= 0.3 is 0 Å². The number of carbonyl (C=O) groups is 2. The van der Waals surface area contributed by atoms with Gasteiger partial charge in [-0.3, -0.25) is 9.59 Å². The van der Waals surface area contributed by atoms with Gasteiger partial charge in [0.05, 0.1) is 6.61 Å². The first kappa shape index (κ1) is 23.7. The summed E-state index contributed by atoms with van der Waals surface area (Å²) in [6.07, 6.45) is 6.38. The van der Waals surface area contributed by atoms with Crippen LogP contribution in [0.1, 0.15) is 63.6 Å². The van der Waals surface area contributed by atoms with E-state index >= 15 is 0 Å². The molecule has 1 aliphatic rings. The molecule has 0 aliphatic heterocycles. The smallest absolute Gasteiger partial charge is 0.227 e. The van der Waals surface area contributed by atoms with E-state index in [1.807, 2.05) is 0 Å². The predicted molar refractivity (Wildman–Crippen MR) is 118 cm³/mol. The van der Waals surface area contributed by atoms with Crippen molar-refractivity contribution < 1.29 is 23.6 Å². The third kappa shape index (κ3) is 6.78. The Hall–Kier alpha value is -2.94. The molecule has 0 bridgehead atoms. The Balaban J connectivity index is 1.53. The van der Waals surface area contributed by atoms with Gasteiger partial charge in [0.15, 0.2) is 5.82 Å². The second-order valence-corrected chi connectivity index (χ2v) is 8.10. The molecule has 2 aromatic rings. The highest BCUT2D eigenvalue weighted by Crippen LogP contribution is 2.34. The van der Waals surface area contributed by atoms with Crippen molar-refractivity contribution in [3.8, 4) is 5.75 Å². The fraction of sp³-hybridized carbons (Fsp3) is 0.565. The van der Waals surface area contributed by atoms with Crippen LogP contribution in [0.3, 0.4) is 0 Å². The van der Waals surface area contributed by atoms with E-state index in [4.69, 9.17) is 14.0 Å². The van der Waals surface area contributed by atoms with Crippen LogP contribution >= 0.6 is 0 Å². The normalized spacial score (nSPS) is 15.6. The predicted octanol–water partition coefficient (Wildman–Crippen LogP) is 3.35. The average Bonchev–Trinajstić information content (AvgIpc) is 3.13. The molecule has 2 N–H and O–H groups in total. The zero-order valence-electron chi connectivity index (χ0n) is 18.8. The summed E-state index contributed by atoms with van der Waals surface area (Å²) in [6.45, 7) is 2.50. The van der Waals surface area contributed by atoms with Crippen molar-refractivity contribution in [1.29, 1.82) is 0 Å². The molecule has 1 heterocycles. The Bertz CT molecular complexity index is 873. The van der Waals surface area contributed by atoms with E-state index in [0.29, 0.717) is 42.8 Å². The molecule has 1 saturated carbocycles.